The summed E-state index contributed by atoms with van der Waals surface area (Å²) in [5, 5.41) is 8.81. The maximum Gasteiger partial charge on any atom is 0.225 e. The topological polar surface area (TPSA) is 56.6 Å². The number of nitriles is 1. The van der Waals surface area contributed by atoms with E-state index in [1.54, 1.807) is 19.2 Å². The Hall–Kier alpha value is -2.13. The van der Waals surface area contributed by atoms with Crippen LogP contribution in [0, 0.1) is 17.1 Å². The second kappa shape index (κ2) is 6.78. The Bertz CT molecular complexity index is 653. The summed E-state index contributed by atoms with van der Waals surface area (Å²) in [5.74, 6) is -0.266. The number of anilines is 1. The van der Waals surface area contributed by atoms with Gasteiger partial charge in [0.25, 0.3) is 0 Å². The Morgan fingerprint density at radius 3 is 2.54 bits per heavy atom. The third kappa shape index (κ3) is 3.22. The zero-order valence-electron chi connectivity index (χ0n) is 13.9. The lowest BCUT2D eigenvalue weighted by Gasteiger charge is -2.42. The van der Waals surface area contributed by atoms with Crippen LogP contribution in [0.2, 0.25) is 0 Å². The molecule has 2 aliphatic rings. The van der Waals surface area contributed by atoms with Gasteiger partial charge in [-0.05, 0) is 37.5 Å². The Balaban J connectivity index is 1.58. The Kier molecular flexibility index (Phi) is 4.72. The summed E-state index contributed by atoms with van der Waals surface area (Å²) >= 11 is 0. The van der Waals surface area contributed by atoms with E-state index in [1.807, 2.05) is 15.9 Å². The number of methoxy groups -OCH3 is 1. The number of hydrogen-bond acceptors (Lipinski definition) is 4. The van der Waals surface area contributed by atoms with Gasteiger partial charge in [0.15, 0.2) is 0 Å². The first-order chi connectivity index (χ1) is 11.6. The molecule has 6 heteroatoms. The van der Waals surface area contributed by atoms with Gasteiger partial charge in [-0.15, -0.1) is 0 Å². The number of benzene rings is 1. The fourth-order valence-corrected chi connectivity index (χ4v) is 3.44. The van der Waals surface area contributed by atoms with Gasteiger partial charge in [0, 0.05) is 33.3 Å². The third-order valence-corrected chi connectivity index (χ3v) is 5.22. The van der Waals surface area contributed by atoms with Gasteiger partial charge in [-0.1, -0.05) is 0 Å². The molecule has 1 amide bonds. The number of carbonyl (C=O) groups is 1. The summed E-state index contributed by atoms with van der Waals surface area (Å²) in [5.41, 5.74) is 0.553. The highest BCUT2D eigenvalue weighted by Gasteiger charge is 2.40. The van der Waals surface area contributed by atoms with Gasteiger partial charge in [-0.2, -0.15) is 5.26 Å². The zero-order valence-corrected chi connectivity index (χ0v) is 13.9. The van der Waals surface area contributed by atoms with E-state index in [0.29, 0.717) is 43.9 Å². The summed E-state index contributed by atoms with van der Waals surface area (Å²) in [6.45, 7) is 2.35. The van der Waals surface area contributed by atoms with E-state index in [2.05, 4.69) is 0 Å². The lowest BCUT2D eigenvalue weighted by molar-refractivity contribution is -0.144. The second-order valence-corrected chi connectivity index (χ2v) is 6.56. The molecule has 0 aromatic heterocycles. The van der Waals surface area contributed by atoms with Crippen LogP contribution >= 0.6 is 0 Å². The van der Waals surface area contributed by atoms with Crippen molar-refractivity contribution in [2.75, 3.05) is 38.2 Å². The Morgan fingerprint density at radius 1 is 1.33 bits per heavy atom. The van der Waals surface area contributed by atoms with Crippen molar-refractivity contribution in [1.29, 1.82) is 5.26 Å². The molecular weight excluding hydrogens is 309 g/mol. The van der Waals surface area contributed by atoms with E-state index in [0.717, 1.165) is 19.3 Å². The smallest absolute Gasteiger partial charge is 0.225 e. The van der Waals surface area contributed by atoms with Crippen molar-refractivity contribution >= 4 is 11.6 Å². The average Bonchev–Trinajstić information content (AvgIpc) is 2.58. The van der Waals surface area contributed by atoms with Gasteiger partial charge < -0.3 is 14.5 Å². The lowest BCUT2D eigenvalue weighted by Crippen LogP contribution is -2.52. The van der Waals surface area contributed by atoms with E-state index in [4.69, 9.17) is 10.00 Å². The van der Waals surface area contributed by atoms with Gasteiger partial charge in [0.05, 0.1) is 29.3 Å². The maximum atomic E-state index is 14.1. The van der Waals surface area contributed by atoms with Crippen LogP contribution in [0.1, 0.15) is 31.2 Å². The van der Waals surface area contributed by atoms with E-state index >= 15 is 0 Å². The molecule has 0 atom stereocenters. The van der Waals surface area contributed by atoms with Crippen LogP contribution in [0.5, 0.6) is 0 Å². The first kappa shape index (κ1) is 16.7. The molecule has 0 N–H and O–H groups in total. The summed E-state index contributed by atoms with van der Waals surface area (Å²) < 4.78 is 19.6. The minimum atomic E-state index is -0.387. The minimum Gasteiger partial charge on any atom is -0.378 e. The number of rotatable bonds is 4. The van der Waals surface area contributed by atoms with E-state index in [-0.39, 0.29) is 17.3 Å². The highest BCUT2D eigenvalue weighted by atomic mass is 19.1. The van der Waals surface area contributed by atoms with Crippen LogP contribution in [-0.4, -0.2) is 49.7 Å². The van der Waals surface area contributed by atoms with Gasteiger partial charge >= 0.3 is 0 Å². The SMILES string of the molecule is COC1(CC(=O)N2CCN(c3ccc(C#N)cc3F)CC2)CCC1. The molecule has 1 aromatic carbocycles. The maximum absolute atomic E-state index is 14.1. The molecule has 0 radical (unpaired) electrons. The Labute approximate surface area is 141 Å². The van der Waals surface area contributed by atoms with Gasteiger partial charge in [-0.25, -0.2) is 4.39 Å². The molecule has 3 rings (SSSR count). The molecular formula is C18H22FN3O2. The summed E-state index contributed by atoms with van der Waals surface area (Å²) in [6, 6.07) is 6.45. The fraction of sp³-hybridized carbons (Fsp3) is 0.556. The molecule has 1 aromatic rings. The van der Waals surface area contributed by atoms with Gasteiger partial charge in [0.2, 0.25) is 5.91 Å². The summed E-state index contributed by atoms with van der Waals surface area (Å²) in [4.78, 5) is 16.2. The molecule has 1 saturated heterocycles. The van der Waals surface area contributed by atoms with Crippen LogP contribution in [0.15, 0.2) is 18.2 Å². The largest absolute Gasteiger partial charge is 0.378 e. The fourth-order valence-electron chi connectivity index (χ4n) is 3.44. The normalized spacial score (nSPS) is 19.5. The number of hydrogen-bond donors (Lipinski definition) is 0. The van der Waals surface area contributed by atoms with Crippen molar-refractivity contribution in [2.45, 2.75) is 31.3 Å². The molecule has 0 bridgehead atoms. The molecule has 2 fully saturated rings. The first-order valence-electron chi connectivity index (χ1n) is 8.34. The van der Waals surface area contributed by atoms with Crippen molar-refractivity contribution in [3.8, 4) is 6.07 Å². The number of piperazine rings is 1. The van der Waals surface area contributed by atoms with Crippen molar-refractivity contribution < 1.29 is 13.9 Å². The van der Waals surface area contributed by atoms with Gasteiger partial charge in [0.1, 0.15) is 5.82 Å². The molecule has 5 nitrogen and oxygen atoms in total. The van der Waals surface area contributed by atoms with Crippen molar-refractivity contribution in [1.82, 2.24) is 4.90 Å². The molecule has 1 aliphatic heterocycles. The quantitative estimate of drug-likeness (QED) is 0.849. The van der Waals surface area contributed by atoms with Crippen molar-refractivity contribution in [3.05, 3.63) is 29.6 Å². The van der Waals surface area contributed by atoms with E-state index in [9.17, 15) is 9.18 Å². The minimum absolute atomic E-state index is 0.122. The standard InChI is InChI=1S/C18H22FN3O2/c1-24-18(5-2-6-18)12-17(23)22-9-7-21(8-10-22)16-4-3-14(13-20)11-15(16)19/h3-4,11H,2,5-10,12H2,1H3. The summed E-state index contributed by atoms with van der Waals surface area (Å²) in [6.07, 6.45) is 3.46. The van der Waals surface area contributed by atoms with Crippen LogP contribution in [0.4, 0.5) is 10.1 Å². The zero-order chi connectivity index (χ0) is 17.2. The molecule has 24 heavy (non-hydrogen) atoms. The van der Waals surface area contributed by atoms with Crippen molar-refractivity contribution in [3.63, 3.8) is 0 Å². The highest BCUT2D eigenvalue weighted by molar-refractivity contribution is 5.78. The lowest BCUT2D eigenvalue weighted by atomic mass is 9.77. The Morgan fingerprint density at radius 2 is 2.04 bits per heavy atom. The molecule has 128 valence electrons. The number of amides is 1. The van der Waals surface area contributed by atoms with E-state index < -0.39 is 0 Å². The summed E-state index contributed by atoms with van der Waals surface area (Å²) in [7, 11) is 1.68. The van der Waals surface area contributed by atoms with Crippen LogP contribution in [0.3, 0.4) is 0 Å². The monoisotopic (exact) mass is 331 g/mol. The predicted molar refractivity (Wildman–Crippen MR) is 88.1 cm³/mol. The van der Waals surface area contributed by atoms with Gasteiger partial charge in [-0.3, -0.25) is 4.79 Å². The molecule has 0 unspecified atom stereocenters. The number of nitrogens with zero attached hydrogens (tertiary/aromatic N) is 3. The average molecular weight is 331 g/mol. The van der Waals surface area contributed by atoms with Crippen molar-refractivity contribution in [2.24, 2.45) is 0 Å². The number of halogens is 1. The second-order valence-electron chi connectivity index (χ2n) is 6.56. The van der Waals surface area contributed by atoms with Crippen LogP contribution in [-0.2, 0) is 9.53 Å². The molecule has 0 spiro atoms. The molecule has 1 heterocycles. The van der Waals surface area contributed by atoms with Crippen LogP contribution < -0.4 is 4.90 Å². The molecule has 1 aliphatic carbocycles. The predicted octanol–water partition coefficient (Wildman–Crippen LogP) is 2.31. The van der Waals surface area contributed by atoms with Crippen LogP contribution in [0.25, 0.3) is 0 Å². The molecule has 1 saturated carbocycles. The highest BCUT2D eigenvalue weighted by Crippen LogP contribution is 2.38. The first-order valence-corrected chi connectivity index (χ1v) is 8.34. The number of carbonyl (C=O) groups excluding carboxylic acids is 1. The third-order valence-electron chi connectivity index (χ3n) is 5.22. The number of ether oxygens (including phenoxy) is 1. The van der Waals surface area contributed by atoms with E-state index in [1.165, 1.54) is 6.07 Å².